The maximum Gasteiger partial charge on any atom is 0.340 e. The molecule has 0 aliphatic heterocycles. The second-order valence-electron chi connectivity index (χ2n) is 5.82. The first kappa shape index (κ1) is 20.1. The lowest BCUT2D eigenvalue weighted by Gasteiger charge is -2.09. The first-order valence-electron chi connectivity index (χ1n) is 8.37. The molecule has 0 atom stereocenters. The largest absolute Gasteiger partial charge is 0.502 e. The van der Waals surface area contributed by atoms with Gasteiger partial charge >= 0.3 is 5.97 Å². The fourth-order valence-electron chi connectivity index (χ4n) is 2.77. The summed E-state index contributed by atoms with van der Waals surface area (Å²) in [4.78, 5) is 27.6. The highest BCUT2D eigenvalue weighted by atomic mass is 16.5. The summed E-state index contributed by atoms with van der Waals surface area (Å²) in [6.45, 7) is 5.40. The second-order valence-corrected chi connectivity index (χ2v) is 5.82. The summed E-state index contributed by atoms with van der Waals surface area (Å²) in [5.74, 6) is -0.397. The third-order valence-corrected chi connectivity index (χ3v) is 4.09. The van der Waals surface area contributed by atoms with Gasteiger partial charge in [0, 0.05) is 5.69 Å². The molecule has 7 heteroatoms. The Labute approximate surface area is 157 Å². The predicted octanol–water partition coefficient (Wildman–Crippen LogP) is 3.43. The number of methoxy groups -OCH3 is 2. The number of carbonyl (C=O) groups excluding carboxylic acids is 2. The number of rotatable bonds is 7. The monoisotopic (exact) mass is 373 g/mol. The number of allylic oxidation sites excluding steroid dienone is 1. The number of hydrogen-bond donors (Lipinski definition) is 2. The molecule has 2 N–H and O–H groups in total. The van der Waals surface area contributed by atoms with Crippen LogP contribution in [0.5, 0.6) is 17.2 Å². The highest BCUT2D eigenvalue weighted by Crippen LogP contribution is 2.37. The van der Waals surface area contributed by atoms with Gasteiger partial charge in [0.2, 0.25) is 11.5 Å². The van der Waals surface area contributed by atoms with Gasteiger partial charge in [0.1, 0.15) is 0 Å². The first-order chi connectivity index (χ1) is 12.8. The molecule has 7 nitrogen and oxygen atoms in total. The highest BCUT2D eigenvalue weighted by Gasteiger charge is 2.21. The molecule has 144 valence electrons. The molecule has 0 aliphatic rings. The Kier molecular flexibility index (Phi) is 6.28. The van der Waals surface area contributed by atoms with Gasteiger partial charge in [-0.25, -0.2) is 4.79 Å². The zero-order valence-corrected chi connectivity index (χ0v) is 16.0. The van der Waals surface area contributed by atoms with Gasteiger partial charge in [0.25, 0.3) is 0 Å². The molecule has 2 rings (SSSR count). The molecule has 0 bridgehead atoms. The van der Waals surface area contributed by atoms with Gasteiger partial charge in [-0.05, 0) is 50.1 Å². The van der Waals surface area contributed by atoms with Crippen molar-refractivity contribution in [3.8, 4) is 17.2 Å². The molecule has 1 heterocycles. The normalized spacial score (nSPS) is 10.9. The molecule has 1 aromatic heterocycles. The number of ether oxygens (including phenoxy) is 3. The third-order valence-electron chi connectivity index (χ3n) is 4.09. The van der Waals surface area contributed by atoms with Crippen LogP contribution in [0.2, 0.25) is 0 Å². The van der Waals surface area contributed by atoms with E-state index in [1.807, 2.05) is 0 Å². The van der Waals surface area contributed by atoms with E-state index in [4.69, 9.17) is 14.2 Å². The van der Waals surface area contributed by atoms with Gasteiger partial charge in [0.05, 0.1) is 32.1 Å². The molecule has 0 spiro atoms. The molecular weight excluding hydrogens is 350 g/mol. The molecule has 0 saturated heterocycles. The van der Waals surface area contributed by atoms with E-state index in [1.54, 1.807) is 39.0 Å². The lowest BCUT2D eigenvalue weighted by atomic mass is 10.1. The first-order valence-corrected chi connectivity index (χ1v) is 8.37. The third kappa shape index (κ3) is 4.13. The van der Waals surface area contributed by atoms with E-state index in [1.165, 1.54) is 20.3 Å². The lowest BCUT2D eigenvalue weighted by Crippen LogP contribution is -2.07. The highest BCUT2D eigenvalue weighted by molar-refractivity contribution is 6.08. The van der Waals surface area contributed by atoms with Crippen molar-refractivity contribution in [2.45, 2.75) is 20.8 Å². The summed E-state index contributed by atoms with van der Waals surface area (Å²) in [6.07, 6.45) is 2.95. The number of phenolic OH excluding ortho intramolecular Hbond substituents is 1. The standard InChI is InChI=1S/C20H23NO6/c1-6-27-20(24)17-11(2)18(21-12(17)3)14(22)8-7-13-9-15(25-4)19(23)16(10-13)26-5/h7-10,21,23H,6H2,1-5H3. The number of aryl methyl sites for hydroxylation is 1. The van der Waals surface area contributed by atoms with Crippen LogP contribution in [0.4, 0.5) is 0 Å². The number of ketones is 1. The van der Waals surface area contributed by atoms with Gasteiger partial charge in [-0.15, -0.1) is 0 Å². The van der Waals surface area contributed by atoms with Crippen molar-refractivity contribution in [2.24, 2.45) is 0 Å². The van der Waals surface area contributed by atoms with Crippen molar-refractivity contribution in [2.75, 3.05) is 20.8 Å². The fraction of sp³-hybridized carbons (Fsp3) is 0.300. The predicted molar refractivity (Wildman–Crippen MR) is 101 cm³/mol. The van der Waals surface area contributed by atoms with E-state index in [-0.39, 0.29) is 29.6 Å². The molecule has 27 heavy (non-hydrogen) atoms. The minimum Gasteiger partial charge on any atom is -0.502 e. The van der Waals surface area contributed by atoms with Crippen LogP contribution >= 0.6 is 0 Å². The number of phenols is 1. The summed E-state index contributed by atoms with van der Waals surface area (Å²) in [5.41, 5.74) is 2.43. The number of benzene rings is 1. The average molecular weight is 373 g/mol. The van der Waals surface area contributed by atoms with E-state index < -0.39 is 5.97 Å². The summed E-state index contributed by atoms with van der Waals surface area (Å²) >= 11 is 0. The molecule has 0 saturated carbocycles. The Hall–Kier alpha value is -3.22. The topological polar surface area (TPSA) is 97.9 Å². The maximum absolute atomic E-state index is 12.6. The molecule has 0 unspecified atom stereocenters. The number of aromatic amines is 1. The lowest BCUT2D eigenvalue weighted by molar-refractivity contribution is 0.0525. The van der Waals surface area contributed by atoms with Crippen LogP contribution in [0, 0.1) is 13.8 Å². The van der Waals surface area contributed by atoms with Crippen LogP contribution in [0.3, 0.4) is 0 Å². The number of hydrogen-bond acceptors (Lipinski definition) is 6. The van der Waals surface area contributed by atoms with E-state index in [0.717, 1.165) is 0 Å². The average Bonchev–Trinajstić information content (AvgIpc) is 2.95. The molecule has 0 amide bonds. The van der Waals surface area contributed by atoms with E-state index >= 15 is 0 Å². The van der Waals surface area contributed by atoms with Crippen molar-refractivity contribution in [1.82, 2.24) is 4.98 Å². The minimum absolute atomic E-state index is 0.113. The van der Waals surface area contributed by atoms with Crippen LogP contribution in [-0.2, 0) is 4.74 Å². The number of aromatic nitrogens is 1. The summed E-state index contributed by atoms with van der Waals surface area (Å²) in [5, 5.41) is 9.94. The Morgan fingerprint density at radius 2 is 1.74 bits per heavy atom. The maximum atomic E-state index is 12.6. The Morgan fingerprint density at radius 3 is 2.26 bits per heavy atom. The number of aromatic hydroxyl groups is 1. The van der Waals surface area contributed by atoms with Gasteiger partial charge in [-0.3, -0.25) is 4.79 Å². The van der Waals surface area contributed by atoms with Gasteiger partial charge in [0.15, 0.2) is 11.5 Å². The van der Waals surface area contributed by atoms with Crippen molar-refractivity contribution in [3.63, 3.8) is 0 Å². The fourth-order valence-corrected chi connectivity index (χ4v) is 2.77. The quantitative estimate of drug-likeness (QED) is 0.438. The van der Waals surface area contributed by atoms with Crippen molar-refractivity contribution >= 4 is 17.8 Å². The van der Waals surface area contributed by atoms with Crippen LogP contribution in [0.15, 0.2) is 18.2 Å². The molecule has 1 aromatic carbocycles. The number of H-pyrrole nitrogens is 1. The van der Waals surface area contributed by atoms with Gasteiger partial charge in [-0.1, -0.05) is 6.08 Å². The molecule has 2 aromatic rings. The zero-order chi connectivity index (χ0) is 20.1. The van der Waals surface area contributed by atoms with Crippen LogP contribution in [0.1, 0.15) is 44.6 Å². The summed E-state index contributed by atoms with van der Waals surface area (Å²) in [7, 11) is 2.85. The zero-order valence-electron chi connectivity index (χ0n) is 16.0. The van der Waals surface area contributed by atoms with Crippen LogP contribution < -0.4 is 9.47 Å². The molecule has 0 fully saturated rings. The van der Waals surface area contributed by atoms with Crippen LogP contribution in [0.25, 0.3) is 6.08 Å². The molecule has 0 radical (unpaired) electrons. The van der Waals surface area contributed by atoms with Crippen molar-refractivity contribution < 1.29 is 28.9 Å². The molecule has 0 aliphatic carbocycles. The summed E-state index contributed by atoms with van der Waals surface area (Å²) < 4.78 is 15.2. The molecular formula is C20H23NO6. The van der Waals surface area contributed by atoms with Gasteiger partial charge < -0.3 is 24.3 Å². The van der Waals surface area contributed by atoms with E-state index in [9.17, 15) is 14.7 Å². The van der Waals surface area contributed by atoms with E-state index in [0.29, 0.717) is 28.1 Å². The number of esters is 1. The van der Waals surface area contributed by atoms with Crippen molar-refractivity contribution in [3.05, 3.63) is 46.3 Å². The minimum atomic E-state index is -0.459. The Balaban J connectivity index is 2.33. The van der Waals surface area contributed by atoms with Gasteiger partial charge in [-0.2, -0.15) is 0 Å². The Morgan fingerprint density at radius 1 is 1.15 bits per heavy atom. The second kappa shape index (κ2) is 8.44. The SMILES string of the molecule is CCOC(=O)c1c(C)[nH]c(C(=O)C=Cc2cc(OC)c(O)c(OC)c2)c1C. The smallest absolute Gasteiger partial charge is 0.340 e. The van der Waals surface area contributed by atoms with Crippen LogP contribution in [-0.4, -0.2) is 42.7 Å². The van der Waals surface area contributed by atoms with E-state index in [2.05, 4.69) is 4.98 Å². The number of nitrogens with one attached hydrogen (secondary N) is 1. The summed E-state index contributed by atoms with van der Waals surface area (Å²) in [6, 6.07) is 3.16. The Bertz CT molecular complexity index is 869. The van der Waals surface area contributed by atoms with Crippen molar-refractivity contribution in [1.29, 1.82) is 0 Å². The number of carbonyl (C=O) groups is 2.